The third-order valence-electron chi connectivity index (χ3n) is 4.47. The van der Waals surface area contributed by atoms with Gasteiger partial charge in [-0.2, -0.15) is 0 Å². The molecule has 1 N–H and O–H groups in total. The van der Waals surface area contributed by atoms with Gasteiger partial charge in [0.25, 0.3) is 0 Å². The van der Waals surface area contributed by atoms with E-state index < -0.39 is 0 Å². The third-order valence-corrected chi connectivity index (χ3v) is 4.47. The van der Waals surface area contributed by atoms with Crippen LogP contribution in [0.4, 0.5) is 0 Å². The second-order valence-corrected chi connectivity index (χ2v) is 5.94. The first kappa shape index (κ1) is 17.9. The normalized spacial score (nSPS) is 14.2. The lowest BCUT2D eigenvalue weighted by atomic mass is 9.81. The Bertz CT molecular complexity index is 188. The minimum atomic E-state index is 0.450. The molecule has 0 aliphatic rings. The fourth-order valence-corrected chi connectivity index (χ4v) is 2.63. The molecule has 0 spiro atoms. The van der Waals surface area contributed by atoms with Gasteiger partial charge >= 0.3 is 0 Å². The van der Waals surface area contributed by atoms with Gasteiger partial charge in [0.2, 0.25) is 0 Å². The molecule has 0 fully saturated rings. The Morgan fingerprint density at radius 2 is 1.67 bits per heavy atom. The van der Waals surface area contributed by atoms with Crippen LogP contribution in [0, 0.1) is 5.41 Å². The molecule has 110 valence electrons. The standard InChI is InChI=1S/C16H36N2/c1-7-11-15(5)18(6)14-16(9-3,10-4)13-17-12-8-2/h15,17H,7-14H2,1-6H3. The molecule has 0 amide bonds. The van der Waals surface area contributed by atoms with Gasteiger partial charge in [0.1, 0.15) is 0 Å². The van der Waals surface area contributed by atoms with E-state index in [0.717, 1.165) is 13.1 Å². The summed E-state index contributed by atoms with van der Waals surface area (Å²) in [5, 5.41) is 3.63. The second-order valence-electron chi connectivity index (χ2n) is 5.94. The number of rotatable bonds is 11. The summed E-state index contributed by atoms with van der Waals surface area (Å²) < 4.78 is 0. The van der Waals surface area contributed by atoms with Gasteiger partial charge in [-0.15, -0.1) is 0 Å². The zero-order valence-electron chi connectivity index (χ0n) is 13.7. The van der Waals surface area contributed by atoms with Gasteiger partial charge < -0.3 is 10.2 Å². The fraction of sp³-hybridized carbons (Fsp3) is 1.00. The molecule has 0 aromatic carbocycles. The zero-order valence-corrected chi connectivity index (χ0v) is 13.7. The summed E-state index contributed by atoms with van der Waals surface area (Å²) in [6, 6.07) is 0.707. The van der Waals surface area contributed by atoms with Crippen molar-refractivity contribution in [2.45, 2.75) is 72.8 Å². The largest absolute Gasteiger partial charge is 0.316 e. The topological polar surface area (TPSA) is 15.3 Å². The molecule has 0 heterocycles. The van der Waals surface area contributed by atoms with E-state index in [1.165, 1.54) is 38.6 Å². The molecule has 18 heavy (non-hydrogen) atoms. The predicted molar refractivity (Wildman–Crippen MR) is 83.2 cm³/mol. The van der Waals surface area contributed by atoms with Gasteiger partial charge in [0.05, 0.1) is 0 Å². The van der Waals surface area contributed by atoms with Crippen molar-refractivity contribution in [2.24, 2.45) is 5.41 Å². The van der Waals surface area contributed by atoms with E-state index in [4.69, 9.17) is 0 Å². The van der Waals surface area contributed by atoms with Gasteiger partial charge in [0, 0.05) is 19.1 Å². The molecule has 0 radical (unpaired) electrons. The molecule has 0 saturated heterocycles. The van der Waals surface area contributed by atoms with E-state index in [2.05, 4.69) is 51.9 Å². The lowest BCUT2D eigenvalue weighted by Gasteiger charge is -2.38. The number of hydrogen-bond acceptors (Lipinski definition) is 2. The molecular weight excluding hydrogens is 220 g/mol. The monoisotopic (exact) mass is 256 g/mol. The van der Waals surface area contributed by atoms with Crippen molar-refractivity contribution in [3.05, 3.63) is 0 Å². The molecule has 0 aliphatic carbocycles. The van der Waals surface area contributed by atoms with E-state index in [0.29, 0.717) is 11.5 Å². The first-order valence-electron chi connectivity index (χ1n) is 7.96. The highest BCUT2D eigenvalue weighted by molar-refractivity contribution is 4.83. The Balaban J connectivity index is 4.39. The summed E-state index contributed by atoms with van der Waals surface area (Å²) in [4.78, 5) is 2.56. The Kier molecular flexibility index (Phi) is 9.76. The number of hydrogen-bond donors (Lipinski definition) is 1. The summed E-state index contributed by atoms with van der Waals surface area (Å²) in [7, 11) is 2.29. The fourth-order valence-electron chi connectivity index (χ4n) is 2.63. The van der Waals surface area contributed by atoms with E-state index in [1.54, 1.807) is 0 Å². The van der Waals surface area contributed by atoms with Crippen LogP contribution in [0.3, 0.4) is 0 Å². The molecule has 0 aromatic heterocycles. The van der Waals surface area contributed by atoms with Gasteiger partial charge in [-0.3, -0.25) is 0 Å². The molecular formula is C16H36N2. The van der Waals surface area contributed by atoms with Gasteiger partial charge in [-0.25, -0.2) is 0 Å². The Morgan fingerprint density at radius 1 is 1.06 bits per heavy atom. The molecule has 2 nitrogen and oxygen atoms in total. The maximum absolute atomic E-state index is 3.63. The first-order valence-corrected chi connectivity index (χ1v) is 7.96. The minimum Gasteiger partial charge on any atom is -0.316 e. The molecule has 1 atom stereocenters. The predicted octanol–water partition coefficient (Wildman–Crippen LogP) is 3.91. The SMILES string of the molecule is CCCNCC(CC)(CC)CN(C)C(C)CCC. The molecule has 0 rings (SSSR count). The first-order chi connectivity index (χ1) is 8.55. The quantitative estimate of drug-likeness (QED) is 0.564. The maximum Gasteiger partial charge on any atom is 0.00640 e. The van der Waals surface area contributed by atoms with Crippen molar-refractivity contribution in [3.63, 3.8) is 0 Å². The Labute approximate surface area is 116 Å². The van der Waals surface area contributed by atoms with Crippen LogP contribution in [0.1, 0.15) is 66.7 Å². The second kappa shape index (κ2) is 9.80. The van der Waals surface area contributed by atoms with Gasteiger partial charge in [0.15, 0.2) is 0 Å². The van der Waals surface area contributed by atoms with Crippen LogP contribution in [0.15, 0.2) is 0 Å². The van der Waals surface area contributed by atoms with Crippen LogP contribution >= 0.6 is 0 Å². The zero-order chi connectivity index (χ0) is 14.0. The van der Waals surface area contributed by atoms with Crippen molar-refractivity contribution in [3.8, 4) is 0 Å². The minimum absolute atomic E-state index is 0.450. The highest BCUT2D eigenvalue weighted by Gasteiger charge is 2.28. The highest BCUT2D eigenvalue weighted by atomic mass is 15.1. The number of nitrogens with zero attached hydrogens (tertiary/aromatic N) is 1. The summed E-state index contributed by atoms with van der Waals surface area (Å²) in [5.74, 6) is 0. The highest BCUT2D eigenvalue weighted by Crippen LogP contribution is 2.27. The van der Waals surface area contributed by atoms with Crippen LogP contribution in [0.5, 0.6) is 0 Å². The van der Waals surface area contributed by atoms with Crippen LogP contribution in [0.25, 0.3) is 0 Å². The van der Waals surface area contributed by atoms with Crippen LogP contribution in [-0.4, -0.2) is 37.6 Å². The van der Waals surface area contributed by atoms with Crippen molar-refractivity contribution in [1.29, 1.82) is 0 Å². The van der Waals surface area contributed by atoms with E-state index in [9.17, 15) is 0 Å². The van der Waals surface area contributed by atoms with Crippen molar-refractivity contribution in [2.75, 3.05) is 26.7 Å². The van der Waals surface area contributed by atoms with Crippen LogP contribution < -0.4 is 5.32 Å². The summed E-state index contributed by atoms with van der Waals surface area (Å²) in [6.45, 7) is 15.1. The summed E-state index contributed by atoms with van der Waals surface area (Å²) >= 11 is 0. The molecule has 0 aliphatic heterocycles. The third kappa shape index (κ3) is 6.19. The van der Waals surface area contributed by atoms with Crippen molar-refractivity contribution >= 4 is 0 Å². The summed E-state index contributed by atoms with van der Waals surface area (Å²) in [6.07, 6.45) is 6.35. The Hall–Kier alpha value is -0.0800. The van der Waals surface area contributed by atoms with Gasteiger partial charge in [-0.1, -0.05) is 34.1 Å². The van der Waals surface area contributed by atoms with Crippen LogP contribution in [-0.2, 0) is 0 Å². The van der Waals surface area contributed by atoms with E-state index in [-0.39, 0.29) is 0 Å². The average Bonchev–Trinajstić information content (AvgIpc) is 2.38. The van der Waals surface area contributed by atoms with Crippen LogP contribution in [0.2, 0.25) is 0 Å². The smallest absolute Gasteiger partial charge is 0.00640 e. The van der Waals surface area contributed by atoms with E-state index >= 15 is 0 Å². The lowest BCUT2D eigenvalue weighted by molar-refractivity contribution is 0.123. The van der Waals surface area contributed by atoms with Gasteiger partial charge in [-0.05, 0) is 51.6 Å². The number of nitrogens with one attached hydrogen (secondary N) is 1. The van der Waals surface area contributed by atoms with E-state index in [1.807, 2.05) is 0 Å². The average molecular weight is 256 g/mol. The van der Waals surface area contributed by atoms with Crippen molar-refractivity contribution < 1.29 is 0 Å². The Morgan fingerprint density at radius 3 is 2.11 bits per heavy atom. The molecule has 2 heteroatoms. The molecule has 0 aromatic rings. The molecule has 0 bridgehead atoms. The molecule has 0 saturated carbocycles. The maximum atomic E-state index is 3.63. The molecule has 1 unspecified atom stereocenters. The van der Waals surface area contributed by atoms with Crippen molar-refractivity contribution in [1.82, 2.24) is 10.2 Å². The summed E-state index contributed by atoms with van der Waals surface area (Å²) in [5.41, 5.74) is 0.450. The lowest BCUT2D eigenvalue weighted by Crippen LogP contribution is -2.45.